The number of ether oxygens (including phenoxy) is 1. The first-order chi connectivity index (χ1) is 18.3. The van der Waals surface area contributed by atoms with Crippen LogP contribution in [0.4, 0.5) is 10.1 Å². The van der Waals surface area contributed by atoms with E-state index in [1.165, 1.54) is 24.3 Å². The molecule has 0 unspecified atom stereocenters. The molecule has 0 aliphatic carbocycles. The van der Waals surface area contributed by atoms with Crippen LogP contribution < -0.4 is 15.4 Å². The van der Waals surface area contributed by atoms with Crippen molar-refractivity contribution in [1.29, 1.82) is 0 Å². The molecule has 38 heavy (non-hydrogen) atoms. The summed E-state index contributed by atoms with van der Waals surface area (Å²) in [5, 5.41) is 15.0. The SMILES string of the molecule is CCOc1ccc(NC(=O)CSc2nnc(CNC(=O)c3ccc(Cl)cc3Cl)n2-c2ccc(F)cc2)cc1. The molecular weight excluding hydrogens is 552 g/mol. The molecule has 196 valence electrons. The van der Waals surface area contributed by atoms with Gasteiger partial charge < -0.3 is 15.4 Å². The summed E-state index contributed by atoms with van der Waals surface area (Å²) in [5.74, 6) is 0.0521. The number of carbonyl (C=O) groups excluding carboxylic acids is 2. The number of nitrogens with one attached hydrogen (secondary N) is 2. The van der Waals surface area contributed by atoms with Crippen molar-refractivity contribution < 1.29 is 18.7 Å². The van der Waals surface area contributed by atoms with Gasteiger partial charge in [0.1, 0.15) is 11.6 Å². The van der Waals surface area contributed by atoms with Gasteiger partial charge in [0.05, 0.1) is 29.5 Å². The van der Waals surface area contributed by atoms with Crippen LogP contribution in [0.5, 0.6) is 5.75 Å². The van der Waals surface area contributed by atoms with Crippen LogP contribution in [-0.4, -0.2) is 38.9 Å². The van der Waals surface area contributed by atoms with Crippen molar-refractivity contribution in [3.8, 4) is 11.4 Å². The number of thioether (sulfide) groups is 1. The average molecular weight is 574 g/mol. The quantitative estimate of drug-likeness (QED) is 0.234. The second-order valence-corrected chi connectivity index (χ2v) is 9.60. The van der Waals surface area contributed by atoms with Gasteiger partial charge >= 0.3 is 0 Å². The van der Waals surface area contributed by atoms with Gasteiger partial charge in [-0.1, -0.05) is 35.0 Å². The van der Waals surface area contributed by atoms with Crippen LogP contribution in [0, 0.1) is 5.82 Å². The molecule has 12 heteroatoms. The van der Waals surface area contributed by atoms with Crippen molar-refractivity contribution in [3.63, 3.8) is 0 Å². The fourth-order valence-electron chi connectivity index (χ4n) is 3.41. The molecule has 1 heterocycles. The molecule has 0 aliphatic heterocycles. The lowest BCUT2D eigenvalue weighted by Gasteiger charge is -2.12. The molecule has 4 aromatic rings. The lowest BCUT2D eigenvalue weighted by atomic mass is 10.2. The fourth-order valence-corrected chi connectivity index (χ4v) is 4.68. The van der Waals surface area contributed by atoms with E-state index in [1.54, 1.807) is 47.0 Å². The Hall–Kier alpha value is -3.60. The number of aromatic nitrogens is 3. The molecule has 4 rings (SSSR count). The van der Waals surface area contributed by atoms with Crippen LogP contribution in [0.2, 0.25) is 10.0 Å². The zero-order valence-corrected chi connectivity index (χ0v) is 22.4. The zero-order chi connectivity index (χ0) is 27.1. The number of benzene rings is 3. The van der Waals surface area contributed by atoms with Gasteiger partial charge in [0.15, 0.2) is 11.0 Å². The smallest absolute Gasteiger partial charge is 0.253 e. The number of rotatable bonds is 10. The summed E-state index contributed by atoms with van der Waals surface area (Å²) in [7, 11) is 0. The third-order valence-electron chi connectivity index (χ3n) is 5.15. The van der Waals surface area contributed by atoms with E-state index in [0.29, 0.717) is 39.7 Å². The molecule has 0 saturated carbocycles. The number of carbonyl (C=O) groups is 2. The summed E-state index contributed by atoms with van der Waals surface area (Å²) < 4.78 is 20.6. The third-order valence-corrected chi connectivity index (χ3v) is 6.63. The minimum Gasteiger partial charge on any atom is -0.494 e. The van der Waals surface area contributed by atoms with Crippen molar-refractivity contribution in [1.82, 2.24) is 20.1 Å². The summed E-state index contributed by atoms with van der Waals surface area (Å²) in [4.78, 5) is 25.3. The molecule has 3 aromatic carbocycles. The molecule has 0 fully saturated rings. The summed E-state index contributed by atoms with van der Waals surface area (Å²) >= 11 is 13.2. The van der Waals surface area contributed by atoms with Crippen LogP contribution in [0.25, 0.3) is 5.69 Å². The molecule has 0 aliphatic rings. The largest absolute Gasteiger partial charge is 0.494 e. The first-order valence-electron chi connectivity index (χ1n) is 11.4. The normalized spacial score (nSPS) is 10.7. The molecular formula is C26H22Cl2FN5O3S. The molecule has 0 saturated heterocycles. The predicted octanol–water partition coefficient (Wildman–Crippen LogP) is 5.77. The Bertz CT molecular complexity index is 1430. The Labute approximate surface area is 232 Å². The Balaban J connectivity index is 1.47. The number of nitrogens with zero attached hydrogens (tertiary/aromatic N) is 3. The molecule has 0 atom stereocenters. The second-order valence-electron chi connectivity index (χ2n) is 7.81. The van der Waals surface area contributed by atoms with Gasteiger partial charge in [-0.15, -0.1) is 10.2 Å². The first kappa shape index (κ1) is 27.4. The minimum absolute atomic E-state index is 0.00109. The van der Waals surface area contributed by atoms with Gasteiger partial charge in [-0.05, 0) is 73.7 Å². The summed E-state index contributed by atoms with van der Waals surface area (Å²) in [6, 6.07) is 17.3. The number of anilines is 1. The Morgan fingerprint density at radius 3 is 2.45 bits per heavy atom. The maximum Gasteiger partial charge on any atom is 0.253 e. The molecule has 8 nitrogen and oxygen atoms in total. The highest BCUT2D eigenvalue weighted by atomic mass is 35.5. The summed E-state index contributed by atoms with van der Waals surface area (Å²) in [6.07, 6.45) is 0. The molecule has 2 amide bonds. The standard InChI is InChI=1S/C26H22Cl2FN5O3S/c1-2-37-20-10-6-18(7-11-20)31-24(35)15-38-26-33-32-23(34(26)19-8-4-17(29)5-9-19)14-30-25(36)21-12-3-16(27)13-22(21)28/h3-13H,2,14-15H2,1H3,(H,30,36)(H,31,35). The summed E-state index contributed by atoms with van der Waals surface area (Å²) in [5.41, 5.74) is 1.45. The monoisotopic (exact) mass is 573 g/mol. The minimum atomic E-state index is -0.427. The van der Waals surface area contributed by atoms with Crippen LogP contribution in [0.1, 0.15) is 23.1 Å². The van der Waals surface area contributed by atoms with Crippen LogP contribution >= 0.6 is 35.0 Å². The highest BCUT2D eigenvalue weighted by Gasteiger charge is 2.18. The van der Waals surface area contributed by atoms with Crippen LogP contribution in [0.3, 0.4) is 0 Å². The highest BCUT2D eigenvalue weighted by Crippen LogP contribution is 2.24. The molecule has 0 radical (unpaired) electrons. The van der Waals surface area contributed by atoms with Gasteiger partial charge in [0.2, 0.25) is 5.91 Å². The Morgan fingerprint density at radius 2 is 1.76 bits per heavy atom. The van der Waals surface area contributed by atoms with E-state index < -0.39 is 11.7 Å². The van der Waals surface area contributed by atoms with Crippen molar-refractivity contribution >= 4 is 52.5 Å². The van der Waals surface area contributed by atoms with Gasteiger partial charge in [-0.25, -0.2) is 4.39 Å². The van der Waals surface area contributed by atoms with E-state index in [9.17, 15) is 14.0 Å². The zero-order valence-electron chi connectivity index (χ0n) is 20.1. The average Bonchev–Trinajstić information content (AvgIpc) is 3.30. The maximum atomic E-state index is 13.6. The second kappa shape index (κ2) is 12.8. The van der Waals surface area contributed by atoms with Gasteiger partial charge in [-0.3, -0.25) is 14.2 Å². The first-order valence-corrected chi connectivity index (χ1v) is 13.2. The topological polar surface area (TPSA) is 98.1 Å². The summed E-state index contributed by atoms with van der Waals surface area (Å²) in [6.45, 7) is 2.45. The van der Waals surface area contributed by atoms with E-state index in [4.69, 9.17) is 27.9 Å². The predicted molar refractivity (Wildman–Crippen MR) is 146 cm³/mol. The van der Waals surface area contributed by atoms with E-state index in [1.807, 2.05) is 6.92 Å². The lowest BCUT2D eigenvalue weighted by molar-refractivity contribution is -0.113. The molecule has 1 aromatic heterocycles. The van der Waals surface area contributed by atoms with Gasteiger partial charge in [-0.2, -0.15) is 0 Å². The van der Waals surface area contributed by atoms with Crippen LogP contribution in [-0.2, 0) is 11.3 Å². The maximum absolute atomic E-state index is 13.6. The van der Waals surface area contributed by atoms with Crippen molar-refractivity contribution in [2.45, 2.75) is 18.6 Å². The molecule has 2 N–H and O–H groups in total. The Kier molecular flexibility index (Phi) is 9.22. The number of amides is 2. The number of hydrogen-bond donors (Lipinski definition) is 2. The Morgan fingerprint density at radius 1 is 1.03 bits per heavy atom. The number of halogens is 3. The highest BCUT2D eigenvalue weighted by molar-refractivity contribution is 7.99. The van der Waals surface area contributed by atoms with Crippen molar-refractivity contribution in [2.24, 2.45) is 0 Å². The lowest BCUT2D eigenvalue weighted by Crippen LogP contribution is -2.25. The molecule has 0 spiro atoms. The van der Waals surface area contributed by atoms with E-state index >= 15 is 0 Å². The van der Waals surface area contributed by atoms with Crippen molar-refractivity contribution in [2.75, 3.05) is 17.7 Å². The van der Waals surface area contributed by atoms with E-state index in [-0.39, 0.29) is 28.8 Å². The van der Waals surface area contributed by atoms with Crippen LogP contribution in [0.15, 0.2) is 71.9 Å². The van der Waals surface area contributed by atoms with E-state index in [2.05, 4.69) is 20.8 Å². The molecule has 0 bridgehead atoms. The third kappa shape index (κ3) is 7.03. The van der Waals surface area contributed by atoms with Crippen molar-refractivity contribution in [3.05, 3.63) is 94.0 Å². The van der Waals surface area contributed by atoms with Gasteiger partial charge in [0.25, 0.3) is 5.91 Å². The fraction of sp³-hybridized carbons (Fsp3) is 0.154. The van der Waals surface area contributed by atoms with Gasteiger partial charge in [0, 0.05) is 16.4 Å². The number of hydrogen-bond acceptors (Lipinski definition) is 6. The van der Waals surface area contributed by atoms with E-state index in [0.717, 1.165) is 11.8 Å².